The van der Waals surface area contributed by atoms with Gasteiger partial charge in [-0.1, -0.05) is 12.1 Å². The van der Waals surface area contributed by atoms with E-state index in [2.05, 4.69) is 5.32 Å². The second-order valence-electron chi connectivity index (χ2n) is 8.53. The first-order valence-corrected chi connectivity index (χ1v) is 11.1. The maximum atomic E-state index is 13.2. The molecule has 7 nitrogen and oxygen atoms in total. The lowest BCUT2D eigenvalue weighted by molar-refractivity contribution is -0.132. The van der Waals surface area contributed by atoms with Gasteiger partial charge in [0, 0.05) is 31.5 Å². The maximum Gasteiger partial charge on any atom is 0.225 e. The molecule has 1 heterocycles. The van der Waals surface area contributed by atoms with Crippen molar-refractivity contribution in [2.75, 3.05) is 34.4 Å². The number of benzene rings is 2. The summed E-state index contributed by atoms with van der Waals surface area (Å²) >= 11 is 0. The fourth-order valence-corrected chi connectivity index (χ4v) is 4.41. The molecule has 176 valence electrons. The molecule has 1 aliphatic carbocycles. The van der Waals surface area contributed by atoms with Gasteiger partial charge in [-0.3, -0.25) is 9.59 Å². The Kier molecular flexibility index (Phi) is 6.72. The third kappa shape index (κ3) is 4.89. The Hall–Kier alpha value is -3.29. The number of halogens is 1. The van der Waals surface area contributed by atoms with Gasteiger partial charge in [-0.15, -0.1) is 0 Å². The highest BCUT2D eigenvalue weighted by Gasteiger charge is 2.44. The number of ether oxygens (including phenoxy) is 3. The Morgan fingerprint density at radius 1 is 1.00 bits per heavy atom. The van der Waals surface area contributed by atoms with E-state index >= 15 is 0 Å². The Morgan fingerprint density at radius 3 is 2.18 bits per heavy atom. The Balaban J connectivity index is 1.59. The molecule has 2 aliphatic rings. The van der Waals surface area contributed by atoms with Gasteiger partial charge in [0.05, 0.1) is 27.2 Å². The van der Waals surface area contributed by atoms with Crippen molar-refractivity contribution in [2.24, 2.45) is 11.8 Å². The zero-order valence-electron chi connectivity index (χ0n) is 19.1. The first-order chi connectivity index (χ1) is 15.9. The number of methoxy groups -OCH3 is 3. The van der Waals surface area contributed by atoms with Crippen LogP contribution in [0.2, 0.25) is 0 Å². The minimum Gasteiger partial charge on any atom is -0.493 e. The summed E-state index contributed by atoms with van der Waals surface area (Å²) in [6.07, 6.45) is 1.82. The second kappa shape index (κ2) is 9.68. The first-order valence-electron chi connectivity index (χ1n) is 11.1. The third-order valence-corrected chi connectivity index (χ3v) is 6.39. The molecular weight excluding hydrogens is 427 g/mol. The molecule has 8 heteroatoms. The lowest BCUT2D eigenvalue weighted by Gasteiger charge is -2.21. The molecule has 1 N–H and O–H groups in total. The number of nitrogens with one attached hydrogen (secondary N) is 1. The largest absolute Gasteiger partial charge is 0.493 e. The molecule has 0 spiro atoms. The normalized spacial score (nSPS) is 19.8. The van der Waals surface area contributed by atoms with Gasteiger partial charge in [-0.2, -0.15) is 0 Å². The van der Waals surface area contributed by atoms with Gasteiger partial charge in [0.15, 0.2) is 11.5 Å². The Morgan fingerprint density at radius 2 is 1.64 bits per heavy atom. The van der Waals surface area contributed by atoms with Crippen molar-refractivity contribution < 1.29 is 28.2 Å². The highest BCUT2D eigenvalue weighted by Crippen LogP contribution is 2.44. The summed E-state index contributed by atoms with van der Waals surface area (Å²) < 4.78 is 29.6. The quantitative estimate of drug-likeness (QED) is 0.661. The van der Waals surface area contributed by atoms with Crippen LogP contribution < -0.4 is 19.5 Å². The van der Waals surface area contributed by atoms with Crippen molar-refractivity contribution in [3.05, 3.63) is 53.3 Å². The maximum absolute atomic E-state index is 13.2. The smallest absolute Gasteiger partial charge is 0.225 e. The van der Waals surface area contributed by atoms with Gasteiger partial charge in [-0.25, -0.2) is 4.39 Å². The molecule has 2 aromatic carbocycles. The number of likely N-dealkylation sites (tertiary alicyclic amines) is 1. The van der Waals surface area contributed by atoms with E-state index in [-0.39, 0.29) is 36.0 Å². The van der Waals surface area contributed by atoms with E-state index in [0.717, 1.165) is 24.0 Å². The summed E-state index contributed by atoms with van der Waals surface area (Å²) in [6.45, 7) is 1.09. The Labute approximate surface area is 192 Å². The van der Waals surface area contributed by atoms with Gasteiger partial charge in [0.25, 0.3) is 0 Å². The summed E-state index contributed by atoms with van der Waals surface area (Å²) in [5.41, 5.74) is 1.65. The minimum atomic E-state index is -0.434. The lowest BCUT2D eigenvalue weighted by atomic mass is 9.87. The van der Waals surface area contributed by atoms with E-state index in [1.807, 2.05) is 12.1 Å². The van der Waals surface area contributed by atoms with E-state index in [4.69, 9.17) is 14.2 Å². The second-order valence-corrected chi connectivity index (χ2v) is 8.53. The van der Waals surface area contributed by atoms with Crippen LogP contribution in [-0.2, 0) is 16.1 Å². The molecule has 0 bridgehead atoms. The zero-order chi connectivity index (χ0) is 23.5. The molecule has 0 aromatic heterocycles. The summed E-state index contributed by atoms with van der Waals surface area (Å²) in [7, 11) is 4.63. The van der Waals surface area contributed by atoms with Gasteiger partial charge in [-0.05, 0) is 48.2 Å². The molecule has 4 rings (SSSR count). The van der Waals surface area contributed by atoms with E-state index in [1.54, 1.807) is 31.3 Å². The van der Waals surface area contributed by atoms with Crippen LogP contribution in [0.25, 0.3) is 0 Å². The van der Waals surface area contributed by atoms with Crippen molar-refractivity contribution in [1.29, 1.82) is 0 Å². The number of hydrogen-bond acceptors (Lipinski definition) is 5. The molecule has 1 saturated heterocycles. The number of rotatable bonds is 8. The number of carbonyl (C=O) groups excluding carboxylic acids is 2. The topological polar surface area (TPSA) is 77.1 Å². The summed E-state index contributed by atoms with van der Waals surface area (Å²) in [4.78, 5) is 27.8. The van der Waals surface area contributed by atoms with Crippen LogP contribution in [0, 0.1) is 17.7 Å². The molecular formula is C25H29FN2O5. The van der Waals surface area contributed by atoms with Crippen LogP contribution in [0.15, 0.2) is 36.4 Å². The van der Waals surface area contributed by atoms with Crippen LogP contribution in [0.1, 0.15) is 29.9 Å². The van der Waals surface area contributed by atoms with E-state index in [1.165, 1.54) is 19.2 Å². The van der Waals surface area contributed by atoms with Crippen molar-refractivity contribution >= 4 is 11.8 Å². The highest BCUT2D eigenvalue weighted by atomic mass is 19.1. The number of hydrogen-bond donors (Lipinski definition) is 1. The lowest BCUT2D eigenvalue weighted by Crippen LogP contribution is -2.35. The number of nitrogens with zero attached hydrogens (tertiary/aromatic N) is 1. The van der Waals surface area contributed by atoms with Crippen LogP contribution in [0.3, 0.4) is 0 Å². The Bertz CT molecular complexity index is 997. The SMILES string of the molecule is COc1cc(C2CN(C(=O)C3CC3)CC2C(=O)NCc2ccc(F)cc2)cc(OC)c1OC. The molecule has 1 aliphatic heterocycles. The molecule has 2 atom stereocenters. The number of amides is 2. The standard InChI is InChI=1S/C25H29FN2O5/c1-31-21-10-17(11-22(32-2)23(21)33-3)19-13-28(25(30)16-6-7-16)14-20(19)24(29)27-12-15-4-8-18(26)9-5-15/h4-5,8-11,16,19-20H,6-7,12-14H2,1-3H3,(H,27,29). The molecule has 2 amide bonds. The third-order valence-electron chi connectivity index (χ3n) is 6.39. The fraction of sp³-hybridized carbons (Fsp3) is 0.440. The van der Waals surface area contributed by atoms with E-state index < -0.39 is 5.92 Å². The van der Waals surface area contributed by atoms with Gasteiger partial charge in [0.1, 0.15) is 5.82 Å². The zero-order valence-corrected chi connectivity index (χ0v) is 19.1. The first kappa shape index (κ1) is 22.9. The highest BCUT2D eigenvalue weighted by molar-refractivity contribution is 5.85. The predicted molar refractivity (Wildman–Crippen MR) is 120 cm³/mol. The van der Waals surface area contributed by atoms with E-state index in [0.29, 0.717) is 30.3 Å². The average Bonchev–Trinajstić information content (AvgIpc) is 3.59. The van der Waals surface area contributed by atoms with Crippen LogP contribution in [0.5, 0.6) is 17.2 Å². The number of carbonyl (C=O) groups is 2. The fourth-order valence-electron chi connectivity index (χ4n) is 4.41. The van der Waals surface area contributed by atoms with Crippen LogP contribution in [0.4, 0.5) is 4.39 Å². The average molecular weight is 457 g/mol. The summed E-state index contributed by atoms with van der Waals surface area (Å²) in [5, 5.41) is 2.96. The van der Waals surface area contributed by atoms with Crippen molar-refractivity contribution in [2.45, 2.75) is 25.3 Å². The molecule has 2 aromatic rings. The van der Waals surface area contributed by atoms with Crippen LogP contribution in [-0.4, -0.2) is 51.1 Å². The van der Waals surface area contributed by atoms with Gasteiger partial charge in [0.2, 0.25) is 17.6 Å². The van der Waals surface area contributed by atoms with Crippen LogP contribution >= 0.6 is 0 Å². The molecule has 33 heavy (non-hydrogen) atoms. The monoisotopic (exact) mass is 456 g/mol. The van der Waals surface area contributed by atoms with Crippen molar-refractivity contribution in [3.63, 3.8) is 0 Å². The van der Waals surface area contributed by atoms with Crippen molar-refractivity contribution in [1.82, 2.24) is 10.2 Å². The molecule has 0 radical (unpaired) electrons. The molecule has 2 fully saturated rings. The van der Waals surface area contributed by atoms with Gasteiger partial charge >= 0.3 is 0 Å². The minimum absolute atomic E-state index is 0.0756. The predicted octanol–water partition coefficient (Wildman–Crippen LogP) is 3.12. The summed E-state index contributed by atoms with van der Waals surface area (Å²) in [6, 6.07) is 9.71. The van der Waals surface area contributed by atoms with Gasteiger partial charge < -0.3 is 24.4 Å². The van der Waals surface area contributed by atoms with Crippen molar-refractivity contribution in [3.8, 4) is 17.2 Å². The summed E-state index contributed by atoms with van der Waals surface area (Å²) in [5.74, 6) is 0.541. The molecule has 2 unspecified atom stereocenters. The van der Waals surface area contributed by atoms with E-state index in [9.17, 15) is 14.0 Å². The molecule has 1 saturated carbocycles.